The molecule has 1 aliphatic carbocycles. The van der Waals surface area contributed by atoms with Gasteiger partial charge in [0.25, 0.3) is 0 Å². The van der Waals surface area contributed by atoms with Gasteiger partial charge in [-0.2, -0.15) is 0 Å². The summed E-state index contributed by atoms with van der Waals surface area (Å²) in [7, 11) is 1.37. The number of hydrogen-bond acceptors (Lipinski definition) is 3. The van der Waals surface area contributed by atoms with Crippen molar-refractivity contribution in [1.82, 2.24) is 0 Å². The van der Waals surface area contributed by atoms with Crippen molar-refractivity contribution in [3.63, 3.8) is 0 Å². The molecule has 0 amide bonds. The largest absolute Gasteiger partial charge is 0.481 e. The first-order valence-electron chi connectivity index (χ1n) is 4.45. The maximum atomic E-state index is 11.1. The number of carbonyl (C=O) groups excluding carboxylic acids is 1. The SMILES string of the molecule is COC(=O)C1CCC(C(=O)O)CC1.[HH]. The van der Waals surface area contributed by atoms with Gasteiger partial charge in [0.1, 0.15) is 0 Å². The quantitative estimate of drug-likeness (QED) is 0.663. The zero-order valence-electron chi connectivity index (χ0n) is 7.66. The molecule has 0 atom stereocenters. The number of rotatable bonds is 2. The van der Waals surface area contributed by atoms with Crippen LogP contribution in [-0.2, 0) is 14.3 Å². The van der Waals surface area contributed by atoms with Crippen LogP contribution in [-0.4, -0.2) is 24.2 Å². The molecule has 0 spiro atoms. The molecule has 0 heterocycles. The summed E-state index contributed by atoms with van der Waals surface area (Å²) in [5, 5.41) is 8.70. The number of aliphatic carboxylic acids is 1. The van der Waals surface area contributed by atoms with Crippen LogP contribution in [0.25, 0.3) is 0 Å². The van der Waals surface area contributed by atoms with Crippen molar-refractivity contribution in [2.45, 2.75) is 25.7 Å². The van der Waals surface area contributed by atoms with Crippen molar-refractivity contribution in [1.29, 1.82) is 0 Å². The monoisotopic (exact) mass is 188 g/mol. The van der Waals surface area contributed by atoms with E-state index in [1.165, 1.54) is 7.11 Å². The van der Waals surface area contributed by atoms with Crippen LogP contribution in [0.3, 0.4) is 0 Å². The Morgan fingerprint density at radius 3 is 2.08 bits per heavy atom. The summed E-state index contributed by atoms with van der Waals surface area (Å²) < 4.78 is 4.60. The predicted molar refractivity (Wildman–Crippen MR) is 47.2 cm³/mol. The minimum atomic E-state index is -0.747. The van der Waals surface area contributed by atoms with Gasteiger partial charge in [-0.3, -0.25) is 9.59 Å². The van der Waals surface area contributed by atoms with E-state index in [0.29, 0.717) is 25.7 Å². The molecule has 1 aliphatic rings. The van der Waals surface area contributed by atoms with Crippen molar-refractivity contribution in [3.8, 4) is 0 Å². The topological polar surface area (TPSA) is 63.6 Å². The van der Waals surface area contributed by atoms with E-state index in [1.807, 2.05) is 0 Å². The Morgan fingerprint density at radius 2 is 1.69 bits per heavy atom. The highest BCUT2D eigenvalue weighted by Gasteiger charge is 2.29. The zero-order chi connectivity index (χ0) is 9.84. The van der Waals surface area contributed by atoms with Gasteiger partial charge in [0, 0.05) is 1.43 Å². The average molecular weight is 188 g/mol. The van der Waals surface area contributed by atoms with Crippen LogP contribution in [0.15, 0.2) is 0 Å². The summed E-state index contributed by atoms with van der Waals surface area (Å²) in [6, 6.07) is 0. The number of methoxy groups -OCH3 is 1. The molecule has 4 nitrogen and oxygen atoms in total. The van der Waals surface area contributed by atoms with E-state index in [0.717, 1.165) is 0 Å². The van der Waals surface area contributed by atoms with Gasteiger partial charge in [0.2, 0.25) is 0 Å². The first-order chi connectivity index (χ1) is 6.15. The van der Waals surface area contributed by atoms with Crippen molar-refractivity contribution in [2.75, 3.05) is 7.11 Å². The fraction of sp³-hybridized carbons (Fsp3) is 0.778. The molecule has 0 aromatic rings. The number of carbonyl (C=O) groups is 2. The Balaban J connectivity index is 0.00000169. The molecule has 1 saturated carbocycles. The minimum absolute atomic E-state index is 0. The highest BCUT2D eigenvalue weighted by Crippen LogP contribution is 2.29. The molecule has 0 radical (unpaired) electrons. The van der Waals surface area contributed by atoms with Gasteiger partial charge in [0.15, 0.2) is 0 Å². The van der Waals surface area contributed by atoms with Gasteiger partial charge in [-0.25, -0.2) is 0 Å². The van der Waals surface area contributed by atoms with Crippen LogP contribution in [0, 0.1) is 11.8 Å². The van der Waals surface area contributed by atoms with Crippen LogP contribution < -0.4 is 0 Å². The van der Waals surface area contributed by atoms with E-state index in [1.54, 1.807) is 0 Å². The van der Waals surface area contributed by atoms with E-state index in [9.17, 15) is 9.59 Å². The molecule has 13 heavy (non-hydrogen) atoms. The molecule has 0 aliphatic heterocycles. The van der Waals surface area contributed by atoms with Crippen LogP contribution >= 0.6 is 0 Å². The standard InChI is InChI=1S/C9H14O4.H2/c1-13-9(12)7-4-2-6(3-5-7)8(10)11;/h6-7H,2-5H2,1H3,(H,10,11);1H. The van der Waals surface area contributed by atoms with Crippen LogP contribution in [0.1, 0.15) is 27.1 Å². The van der Waals surface area contributed by atoms with E-state index in [2.05, 4.69) is 4.74 Å². The summed E-state index contributed by atoms with van der Waals surface area (Å²) in [5.41, 5.74) is 0. The predicted octanol–water partition coefficient (Wildman–Crippen LogP) is 1.30. The normalized spacial score (nSPS) is 28.1. The third-order valence-corrected chi connectivity index (χ3v) is 2.61. The molecule has 0 aromatic heterocycles. The molecule has 1 N–H and O–H groups in total. The molecule has 0 unspecified atom stereocenters. The Bertz CT molecular complexity index is 209. The van der Waals surface area contributed by atoms with Crippen LogP contribution in [0.5, 0.6) is 0 Å². The van der Waals surface area contributed by atoms with Crippen molar-refractivity contribution < 1.29 is 20.9 Å². The summed E-state index contributed by atoms with van der Waals surface area (Å²) in [6.45, 7) is 0. The van der Waals surface area contributed by atoms with Crippen molar-refractivity contribution >= 4 is 11.9 Å². The molecule has 76 valence electrons. The van der Waals surface area contributed by atoms with Crippen LogP contribution in [0.2, 0.25) is 0 Å². The Labute approximate surface area is 78.4 Å². The van der Waals surface area contributed by atoms with Gasteiger partial charge in [0.05, 0.1) is 18.9 Å². The maximum Gasteiger partial charge on any atom is 0.308 e. The summed E-state index contributed by atoms with van der Waals surface area (Å²) in [6.07, 6.45) is 2.47. The van der Waals surface area contributed by atoms with E-state index >= 15 is 0 Å². The van der Waals surface area contributed by atoms with Gasteiger partial charge in [-0.15, -0.1) is 0 Å². The van der Waals surface area contributed by atoms with E-state index in [4.69, 9.17) is 5.11 Å². The highest BCUT2D eigenvalue weighted by atomic mass is 16.5. The first-order valence-corrected chi connectivity index (χ1v) is 4.45. The lowest BCUT2D eigenvalue weighted by atomic mass is 9.82. The first kappa shape index (κ1) is 10.0. The third kappa shape index (κ3) is 2.44. The van der Waals surface area contributed by atoms with Crippen molar-refractivity contribution in [3.05, 3.63) is 0 Å². The van der Waals surface area contributed by atoms with Gasteiger partial charge >= 0.3 is 11.9 Å². The number of ether oxygens (including phenoxy) is 1. The Kier molecular flexibility index (Phi) is 3.28. The van der Waals surface area contributed by atoms with E-state index < -0.39 is 5.97 Å². The lowest BCUT2D eigenvalue weighted by Crippen LogP contribution is -2.26. The summed E-state index contributed by atoms with van der Waals surface area (Å²) in [5.74, 6) is -1.30. The van der Waals surface area contributed by atoms with Gasteiger partial charge in [-0.1, -0.05) is 0 Å². The number of carboxylic acid groups (broad SMARTS) is 1. The van der Waals surface area contributed by atoms with Gasteiger partial charge < -0.3 is 9.84 Å². The summed E-state index contributed by atoms with van der Waals surface area (Å²) in [4.78, 5) is 21.7. The number of hydrogen-bond donors (Lipinski definition) is 1. The number of esters is 1. The lowest BCUT2D eigenvalue weighted by Gasteiger charge is -2.23. The lowest BCUT2D eigenvalue weighted by molar-refractivity contribution is -0.150. The fourth-order valence-corrected chi connectivity index (χ4v) is 1.74. The second kappa shape index (κ2) is 4.25. The Morgan fingerprint density at radius 1 is 1.23 bits per heavy atom. The third-order valence-electron chi connectivity index (χ3n) is 2.61. The summed E-state index contributed by atoms with van der Waals surface area (Å²) >= 11 is 0. The molecule has 4 heteroatoms. The zero-order valence-corrected chi connectivity index (χ0v) is 7.66. The van der Waals surface area contributed by atoms with Crippen molar-refractivity contribution in [2.24, 2.45) is 11.8 Å². The molecule has 0 bridgehead atoms. The second-order valence-corrected chi connectivity index (χ2v) is 3.41. The van der Waals surface area contributed by atoms with Crippen LogP contribution in [0.4, 0.5) is 0 Å². The fourth-order valence-electron chi connectivity index (χ4n) is 1.74. The molecule has 1 fully saturated rings. The minimum Gasteiger partial charge on any atom is -0.481 e. The molecule has 1 rings (SSSR count). The molecular weight excluding hydrogens is 172 g/mol. The molecular formula is C9H16O4. The van der Waals surface area contributed by atoms with E-state index in [-0.39, 0.29) is 19.2 Å². The highest BCUT2D eigenvalue weighted by molar-refractivity contribution is 5.74. The molecule has 0 saturated heterocycles. The maximum absolute atomic E-state index is 11.1. The van der Waals surface area contributed by atoms with Gasteiger partial charge in [-0.05, 0) is 25.7 Å². The smallest absolute Gasteiger partial charge is 0.308 e. The number of carboxylic acids is 1. The average Bonchev–Trinajstić information content (AvgIpc) is 2.17. The second-order valence-electron chi connectivity index (χ2n) is 3.41. The molecule has 0 aromatic carbocycles. The Hall–Kier alpha value is -1.06.